The van der Waals surface area contributed by atoms with Crippen LogP contribution in [-0.4, -0.2) is 36.9 Å². The Morgan fingerprint density at radius 2 is 2.21 bits per heavy atom. The summed E-state index contributed by atoms with van der Waals surface area (Å²) in [6.07, 6.45) is -2.44. The van der Waals surface area contributed by atoms with E-state index in [0.717, 1.165) is 19.4 Å². The van der Waals surface area contributed by atoms with Crippen LogP contribution in [0.2, 0.25) is 0 Å². The number of pyridine rings is 1. The monoisotopic (exact) mass is 275 g/mol. The molecule has 1 aromatic rings. The van der Waals surface area contributed by atoms with Crippen molar-refractivity contribution in [2.45, 2.75) is 25.1 Å². The molecule has 0 amide bonds. The van der Waals surface area contributed by atoms with Gasteiger partial charge in [-0.1, -0.05) is 6.07 Å². The van der Waals surface area contributed by atoms with Gasteiger partial charge in [-0.2, -0.15) is 18.2 Å². The number of hydrogen-bond donors (Lipinski definition) is 1. The lowest BCUT2D eigenvalue weighted by Gasteiger charge is -2.31. The first-order chi connectivity index (χ1) is 8.94. The summed E-state index contributed by atoms with van der Waals surface area (Å²) in [7, 11) is 0. The highest BCUT2D eigenvalue weighted by molar-refractivity contribution is 5.41. The summed E-state index contributed by atoms with van der Waals surface area (Å²) in [5.74, 6) is 0.587. The van der Waals surface area contributed by atoms with E-state index < -0.39 is 12.8 Å². The summed E-state index contributed by atoms with van der Waals surface area (Å²) in [4.78, 5) is 6.05. The number of alkyl halides is 3. The molecule has 106 valence electrons. The molecule has 0 spiro atoms. The Labute approximate surface area is 109 Å². The summed E-state index contributed by atoms with van der Waals surface area (Å²) in [5, 5.41) is 0. The van der Waals surface area contributed by atoms with E-state index in [1.54, 1.807) is 12.1 Å². The van der Waals surface area contributed by atoms with Crippen LogP contribution in [0.25, 0.3) is 0 Å². The highest BCUT2D eigenvalue weighted by atomic mass is 19.4. The van der Waals surface area contributed by atoms with Gasteiger partial charge in [-0.05, 0) is 18.9 Å². The van der Waals surface area contributed by atoms with E-state index in [1.165, 1.54) is 6.07 Å². The summed E-state index contributed by atoms with van der Waals surface area (Å²) in [5.41, 5.74) is 5.87. The van der Waals surface area contributed by atoms with Crippen molar-refractivity contribution in [3.63, 3.8) is 0 Å². The van der Waals surface area contributed by atoms with Crippen LogP contribution in [0.1, 0.15) is 12.8 Å². The molecule has 0 bridgehead atoms. The summed E-state index contributed by atoms with van der Waals surface area (Å²) in [6, 6.07) is 4.88. The normalized spacial score (nSPS) is 20.4. The molecule has 1 fully saturated rings. The number of halogens is 3. The summed E-state index contributed by atoms with van der Waals surface area (Å²) < 4.78 is 40.8. The highest BCUT2D eigenvalue weighted by Gasteiger charge is 2.28. The van der Waals surface area contributed by atoms with E-state index in [9.17, 15) is 13.2 Å². The zero-order valence-corrected chi connectivity index (χ0v) is 10.4. The first-order valence-corrected chi connectivity index (χ1v) is 6.11. The van der Waals surface area contributed by atoms with E-state index in [0.29, 0.717) is 12.4 Å². The predicted molar refractivity (Wildman–Crippen MR) is 65.2 cm³/mol. The second kappa shape index (κ2) is 5.64. The number of hydrogen-bond acceptors (Lipinski definition) is 4. The Hall–Kier alpha value is -1.50. The van der Waals surface area contributed by atoms with Crippen LogP contribution in [0.3, 0.4) is 0 Å². The van der Waals surface area contributed by atoms with E-state index in [-0.39, 0.29) is 11.9 Å². The molecule has 0 saturated carbocycles. The lowest BCUT2D eigenvalue weighted by atomic mass is 10.1. The molecule has 2 heterocycles. The van der Waals surface area contributed by atoms with Crippen LogP contribution in [0.4, 0.5) is 19.0 Å². The first kappa shape index (κ1) is 13.9. The summed E-state index contributed by atoms with van der Waals surface area (Å²) in [6.45, 7) is 0.141. The van der Waals surface area contributed by atoms with Gasteiger partial charge in [-0.25, -0.2) is 0 Å². The van der Waals surface area contributed by atoms with Crippen molar-refractivity contribution in [3.8, 4) is 5.88 Å². The van der Waals surface area contributed by atoms with Gasteiger partial charge in [0.1, 0.15) is 5.82 Å². The Bertz CT molecular complexity index is 425. The van der Waals surface area contributed by atoms with Crippen molar-refractivity contribution < 1.29 is 17.9 Å². The Balaban J connectivity index is 2.02. The minimum absolute atomic E-state index is 0.0195. The first-order valence-electron chi connectivity index (χ1n) is 6.11. The van der Waals surface area contributed by atoms with Crippen LogP contribution in [0.5, 0.6) is 5.88 Å². The van der Waals surface area contributed by atoms with E-state index >= 15 is 0 Å². The molecule has 1 aliphatic rings. The molecule has 0 radical (unpaired) electrons. The molecule has 1 aromatic heterocycles. The van der Waals surface area contributed by atoms with Gasteiger partial charge in [0.15, 0.2) is 6.61 Å². The standard InChI is InChI=1S/C12H16F3N3O/c13-12(14,15)8-19-11-5-1-4-10(17-11)18-6-2-3-9(16)7-18/h1,4-5,9H,2-3,6-8,16H2/t9-/m1/s1. The van der Waals surface area contributed by atoms with Gasteiger partial charge in [-0.3, -0.25) is 0 Å². The predicted octanol–water partition coefficient (Wildman–Crippen LogP) is 1.95. The lowest BCUT2D eigenvalue weighted by Crippen LogP contribution is -2.43. The average molecular weight is 275 g/mol. The third-order valence-electron chi connectivity index (χ3n) is 2.87. The second-order valence-electron chi connectivity index (χ2n) is 4.59. The van der Waals surface area contributed by atoms with Gasteiger partial charge in [0.05, 0.1) is 0 Å². The Morgan fingerprint density at radius 1 is 1.42 bits per heavy atom. The van der Waals surface area contributed by atoms with Crippen molar-refractivity contribution >= 4 is 5.82 Å². The minimum atomic E-state index is -4.36. The van der Waals surface area contributed by atoms with E-state index in [2.05, 4.69) is 9.72 Å². The second-order valence-corrected chi connectivity index (χ2v) is 4.59. The lowest BCUT2D eigenvalue weighted by molar-refractivity contribution is -0.154. The maximum atomic E-state index is 12.1. The SMILES string of the molecule is N[C@@H]1CCCN(c2cccc(OCC(F)(F)F)n2)C1. The van der Waals surface area contributed by atoms with Crippen molar-refractivity contribution in [1.29, 1.82) is 0 Å². The number of rotatable bonds is 3. The fraction of sp³-hybridized carbons (Fsp3) is 0.583. The molecule has 0 aromatic carbocycles. The quantitative estimate of drug-likeness (QED) is 0.916. The molecule has 4 nitrogen and oxygen atoms in total. The maximum absolute atomic E-state index is 12.1. The zero-order valence-electron chi connectivity index (χ0n) is 10.4. The number of aromatic nitrogens is 1. The molecule has 7 heteroatoms. The van der Waals surface area contributed by atoms with Gasteiger partial charge in [0.25, 0.3) is 0 Å². The zero-order chi connectivity index (χ0) is 13.9. The van der Waals surface area contributed by atoms with Crippen LogP contribution in [0, 0.1) is 0 Å². The fourth-order valence-electron chi connectivity index (χ4n) is 2.03. The van der Waals surface area contributed by atoms with Crippen molar-refractivity contribution in [1.82, 2.24) is 4.98 Å². The van der Waals surface area contributed by atoms with Gasteiger partial charge in [0, 0.05) is 25.2 Å². The van der Waals surface area contributed by atoms with Crippen molar-refractivity contribution in [2.24, 2.45) is 5.73 Å². The molecule has 1 atom stereocenters. The van der Waals surface area contributed by atoms with Crippen LogP contribution >= 0.6 is 0 Å². The van der Waals surface area contributed by atoms with Crippen LogP contribution < -0.4 is 15.4 Å². The highest BCUT2D eigenvalue weighted by Crippen LogP contribution is 2.21. The molecule has 2 rings (SSSR count). The topological polar surface area (TPSA) is 51.4 Å². The van der Waals surface area contributed by atoms with E-state index in [1.807, 2.05) is 4.90 Å². The van der Waals surface area contributed by atoms with Gasteiger partial charge in [-0.15, -0.1) is 0 Å². The molecule has 1 aliphatic heterocycles. The van der Waals surface area contributed by atoms with Crippen LogP contribution in [0.15, 0.2) is 18.2 Å². The number of nitrogens with zero attached hydrogens (tertiary/aromatic N) is 2. The minimum Gasteiger partial charge on any atom is -0.468 e. The number of nitrogens with two attached hydrogens (primary N) is 1. The maximum Gasteiger partial charge on any atom is 0.422 e. The van der Waals surface area contributed by atoms with Crippen molar-refractivity contribution in [2.75, 3.05) is 24.6 Å². The smallest absolute Gasteiger partial charge is 0.422 e. The number of piperidine rings is 1. The number of anilines is 1. The largest absolute Gasteiger partial charge is 0.468 e. The molecular formula is C12H16F3N3O. The Kier molecular flexibility index (Phi) is 4.14. The summed E-state index contributed by atoms with van der Waals surface area (Å²) >= 11 is 0. The fourth-order valence-corrected chi connectivity index (χ4v) is 2.03. The molecular weight excluding hydrogens is 259 g/mol. The molecule has 2 N–H and O–H groups in total. The Morgan fingerprint density at radius 3 is 2.89 bits per heavy atom. The molecule has 19 heavy (non-hydrogen) atoms. The van der Waals surface area contributed by atoms with Gasteiger partial charge in [0.2, 0.25) is 5.88 Å². The van der Waals surface area contributed by atoms with Gasteiger partial charge < -0.3 is 15.4 Å². The van der Waals surface area contributed by atoms with Crippen LogP contribution in [-0.2, 0) is 0 Å². The van der Waals surface area contributed by atoms with E-state index in [4.69, 9.17) is 5.73 Å². The average Bonchev–Trinajstić information content (AvgIpc) is 2.36. The van der Waals surface area contributed by atoms with Gasteiger partial charge >= 0.3 is 6.18 Å². The third kappa shape index (κ3) is 4.27. The third-order valence-corrected chi connectivity index (χ3v) is 2.87. The molecule has 0 unspecified atom stereocenters. The molecule has 0 aliphatic carbocycles. The van der Waals surface area contributed by atoms with Crippen molar-refractivity contribution in [3.05, 3.63) is 18.2 Å². The molecule has 1 saturated heterocycles. The number of ether oxygens (including phenoxy) is 1.